The van der Waals surface area contributed by atoms with Gasteiger partial charge in [0.05, 0.1) is 16.6 Å². The van der Waals surface area contributed by atoms with Gasteiger partial charge in [0.2, 0.25) is 0 Å². The first-order valence-corrected chi connectivity index (χ1v) is 6.01. The Hall–Kier alpha value is -2.17. The van der Waals surface area contributed by atoms with Crippen LogP contribution in [0.5, 0.6) is 0 Å². The lowest BCUT2D eigenvalue weighted by molar-refractivity contribution is 0.556. The number of imidazole rings is 1. The Morgan fingerprint density at radius 3 is 2.89 bits per heavy atom. The number of aromatic amines is 1. The highest BCUT2D eigenvalue weighted by Gasteiger charge is 2.17. The Kier molecular flexibility index (Phi) is 2.81. The third-order valence-electron chi connectivity index (χ3n) is 3.23. The molecule has 0 bridgehead atoms. The summed E-state index contributed by atoms with van der Waals surface area (Å²) in [7, 11) is 0. The monoisotopic (exact) mass is 260 g/mol. The van der Waals surface area contributed by atoms with Crippen LogP contribution in [0.25, 0.3) is 11.0 Å². The molecule has 19 heavy (non-hydrogen) atoms. The van der Waals surface area contributed by atoms with Crippen LogP contribution >= 0.6 is 0 Å². The van der Waals surface area contributed by atoms with Crippen molar-refractivity contribution in [2.75, 3.05) is 18.4 Å². The topological polar surface area (TPSA) is 88.6 Å². The number of hydrogen-bond donors (Lipinski definition) is 4. The molecule has 6 nitrogen and oxygen atoms in total. The molecule has 3 rings (SSSR count). The van der Waals surface area contributed by atoms with E-state index in [1.54, 1.807) is 6.07 Å². The van der Waals surface area contributed by atoms with E-state index in [0.29, 0.717) is 16.6 Å². The van der Waals surface area contributed by atoms with Gasteiger partial charge in [-0.1, -0.05) is 0 Å². The lowest BCUT2D eigenvalue weighted by atomic mass is 10.1. The largest absolute Gasteiger partial charge is 0.357 e. The SMILES string of the molecule is Cc1c(NC2NCCN2)cc(C#N)c2[nH]c(F)nc12. The van der Waals surface area contributed by atoms with Gasteiger partial charge >= 0.3 is 0 Å². The second-order valence-corrected chi connectivity index (χ2v) is 4.45. The zero-order valence-electron chi connectivity index (χ0n) is 10.3. The Balaban J connectivity index is 2.08. The predicted molar refractivity (Wildman–Crippen MR) is 68.9 cm³/mol. The predicted octanol–water partition coefficient (Wildman–Crippen LogP) is 0.770. The molecule has 1 aromatic carbocycles. The molecule has 0 spiro atoms. The standard InChI is InChI=1S/C12H13FN6/c1-6-8(17-12-15-2-3-16-12)4-7(5-14)10-9(6)18-11(13)19-10/h4,12,15-17H,2-3H2,1H3,(H,18,19). The molecule has 4 N–H and O–H groups in total. The van der Waals surface area contributed by atoms with Crippen LogP contribution in [0.2, 0.25) is 0 Å². The van der Waals surface area contributed by atoms with Gasteiger partial charge in [0.1, 0.15) is 12.4 Å². The van der Waals surface area contributed by atoms with E-state index in [4.69, 9.17) is 5.26 Å². The molecule has 0 amide bonds. The minimum absolute atomic E-state index is 0.0496. The van der Waals surface area contributed by atoms with E-state index in [1.807, 2.05) is 6.92 Å². The molecule has 98 valence electrons. The third kappa shape index (κ3) is 2.01. The van der Waals surface area contributed by atoms with E-state index in [2.05, 4.69) is 32.0 Å². The minimum atomic E-state index is -0.677. The van der Waals surface area contributed by atoms with Crippen molar-refractivity contribution >= 4 is 16.7 Å². The summed E-state index contributed by atoms with van der Waals surface area (Å²) in [5, 5.41) is 18.8. The zero-order chi connectivity index (χ0) is 13.4. The number of aryl methyl sites for hydroxylation is 1. The molecule has 1 aliphatic rings. The van der Waals surface area contributed by atoms with Crippen LogP contribution in [0.3, 0.4) is 0 Å². The number of aromatic nitrogens is 2. The van der Waals surface area contributed by atoms with Gasteiger partial charge in [0.25, 0.3) is 6.08 Å². The summed E-state index contributed by atoms with van der Waals surface area (Å²) in [4.78, 5) is 6.28. The maximum atomic E-state index is 13.2. The van der Waals surface area contributed by atoms with Crippen molar-refractivity contribution in [3.8, 4) is 6.07 Å². The molecule has 0 unspecified atom stereocenters. The first kappa shape index (κ1) is 11.9. The van der Waals surface area contributed by atoms with Crippen molar-refractivity contribution in [2.24, 2.45) is 0 Å². The highest BCUT2D eigenvalue weighted by molar-refractivity contribution is 5.89. The minimum Gasteiger partial charge on any atom is -0.357 e. The maximum Gasteiger partial charge on any atom is 0.287 e. The molecule has 2 heterocycles. The molecule has 2 aromatic rings. The number of halogens is 1. The first-order valence-electron chi connectivity index (χ1n) is 6.01. The fourth-order valence-corrected chi connectivity index (χ4v) is 2.26. The van der Waals surface area contributed by atoms with Crippen LogP contribution in [0.4, 0.5) is 10.1 Å². The molecule has 1 aliphatic heterocycles. The highest BCUT2D eigenvalue weighted by Crippen LogP contribution is 2.27. The van der Waals surface area contributed by atoms with Crippen LogP contribution in [0.15, 0.2) is 6.07 Å². The number of rotatable bonds is 2. The van der Waals surface area contributed by atoms with Gasteiger partial charge in [-0.25, -0.2) is 4.98 Å². The number of H-pyrrole nitrogens is 1. The molecule has 0 aliphatic carbocycles. The first-order chi connectivity index (χ1) is 9.19. The Morgan fingerprint density at radius 1 is 1.47 bits per heavy atom. The summed E-state index contributed by atoms with van der Waals surface area (Å²) < 4.78 is 13.2. The van der Waals surface area contributed by atoms with E-state index >= 15 is 0 Å². The van der Waals surface area contributed by atoms with Gasteiger partial charge in [0.15, 0.2) is 0 Å². The van der Waals surface area contributed by atoms with Gasteiger partial charge in [-0.15, -0.1) is 0 Å². The molecular weight excluding hydrogens is 247 g/mol. The second-order valence-electron chi connectivity index (χ2n) is 4.45. The number of benzene rings is 1. The van der Waals surface area contributed by atoms with E-state index in [9.17, 15) is 4.39 Å². The molecule has 1 fully saturated rings. The number of nitrogens with one attached hydrogen (secondary N) is 4. The van der Waals surface area contributed by atoms with Crippen molar-refractivity contribution in [1.82, 2.24) is 20.6 Å². The second kappa shape index (κ2) is 4.50. The van der Waals surface area contributed by atoms with Crippen LogP contribution < -0.4 is 16.0 Å². The number of anilines is 1. The Labute approximate surface area is 109 Å². The number of fused-ring (bicyclic) bond motifs is 1. The van der Waals surface area contributed by atoms with Crippen molar-refractivity contribution in [3.05, 3.63) is 23.3 Å². The lowest BCUT2D eigenvalue weighted by Crippen LogP contribution is -2.39. The zero-order valence-corrected chi connectivity index (χ0v) is 10.3. The molecule has 1 saturated heterocycles. The average Bonchev–Trinajstić information content (AvgIpc) is 3.02. The van der Waals surface area contributed by atoms with Gasteiger partial charge in [-0.05, 0) is 13.0 Å². The molecule has 1 aromatic heterocycles. The fourth-order valence-electron chi connectivity index (χ4n) is 2.26. The third-order valence-corrected chi connectivity index (χ3v) is 3.23. The number of nitriles is 1. The van der Waals surface area contributed by atoms with E-state index in [0.717, 1.165) is 24.3 Å². The summed E-state index contributed by atoms with van der Waals surface area (Å²) in [6, 6.07) is 3.76. The molecule has 0 saturated carbocycles. The van der Waals surface area contributed by atoms with Gasteiger partial charge < -0.3 is 10.3 Å². The van der Waals surface area contributed by atoms with Crippen molar-refractivity contribution in [2.45, 2.75) is 13.2 Å². The van der Waals surface area contributed by atoms with E-state index in [-0.39, 0.29) is 6.29 Å². The van der Waals surface area contributed by atoms with Crippen LogP contribution in [0.1, 0.15) is 11.1 Å². The number of hydrogen-bond acceptors (Lipinski definition) is 5. The van der Waals surface area contributed by atoms with Gasteiger partial charge in [0, 0.05) is 24.3 Å². The summed E-state index contributed by atoms with van der Waals surface area (Å²) in [6.07, 6.45) is -0.727. The van der Waals surface area contributed by atoms with Crippen molar-refractivity contribution in [3.63, 3.8) is 0 Å². The Morgan fingerprint density at radius 2 is 2.21 bits per heavy atom. The summed E-state index contributed by atoms with van der Waals surface area (Å²) >= 11 is 0. The average molecular weight is 260 g/mol. The molecule has 7 heteroatoms. The quantitative estimate of drug-likeness (QED) is 0.640. The van der Waals surface area contributed by atoms with Crippen LogP contribution in [-0.4, -0.2) is 29.3 Å². The smallest absolute Gasteiger partial charge is 0.287 e. The van der Waals surface area contributed by atoms with Crippen molar-refractivity contribution in [1.29, 1.82) is 5.26 Å². The molecular formula is C12H13FN6. The summed E-state index contributed by atoms with van der Waals surface area (Å²) in [6.45, 7) is 3.60. The Bertz CT molecular complexity index is 665. The number of nitrogens with zero attached hydrogens (tertiary/aromatic N) is 2. The summed E-state index contributed by atoms with van der Waals surface area (Å²) in [5.41, 5.74) is 2.87. The highest BCUT2D eigenvalue weighted by atomic mass is 19.1. The van der Waals surface area contributed by atoms with E-state index in [1.165, 1.54) is 0 Å². The van der Waals surface area contributed by atoms with Crippen LogP contribution in [-0.2, 0) is 0 Å². The van der Waals surface area contributed by atoms with Gasteiger partial charge in [-0.2, -0.15) is 9.65 Å². The molecule has 0 atom stereocenters. The molecule has 0 radical (unpaired) electrons. The van der Waals surface area contributed by atoms with Crippen LogP contribution in [0, 0.1) is 24.3 Å². The summed E-state index contributed by atoms with van der Waals surface area (Å²) in [5.74, 6) is 0. The maximum absolute atomic E-state index is 13.2. The lowest BCUT2D eigenvalue weighted by Gasteiger charge is -2.17. The fraction of sp³-hybridized carbons (Fsp3) is 0.333. The normalized spacial score (nSPS) is 15.8. The van der Waals surface area contributed by atoms with Crippen molar-refractivity contribution < 1.29 is 4.39 Å². The van der Waals surface area contributed by atoms with Gasteiger partial charge in [-0.3, -0.25) is 10.6 Å². The van der Waals surface area contributed by atoms with E-state index < -0.39 is 6.08 Å².